The molecule has 0 radical (unpaired) electrons. The van der Waals surface area contributed by atoms with Crippen molar-refractivity contribution in [1.29, 1.82) is 0 Å². The highest BCUT2D eigenvalue weighted by Crippen LogP contribution is 2.21. The summed E-state index contributed by atoms with van der Waals surface area (Å²) in [6.07, 6.45) is 2.81. The van der Waals surface area contributed by atoms with Crippen molar-refractivity contribution in [3.63, 3.8) is 0 Å². The molecule has 4 nitrogen and oxygen atoms in total. The number of anilines is 1. The molecule has 2 N–H and O–H groups in total. The molecule has 100 valence electrons. The number of aliphatic hydroxyl groups is 1. The maximum absolute atomic E-state index is 11.5. The third-order valence-electron chi connectivity index (χ3n) is 2.54. The van der Waals surface area contributed by atoms with Gasteiger partial charge in [-0.1, -0.05) is 0 Å². The van der Waals surface area contributed by atoms with Gasteiger partial charge in [-0.3, -0.25) is 0 Å². The molecular weight excluding hydrogens is 298 g/mol. The number of halogens is 1. The van der Waals surface area contributed by atoms with E-state index in [1.807, 2.05) is 12.1 Å². The topological polar surface area (TPSA) is 58.6 Å². The molecule has 1 aromatic carbocycles. The zero-order valence-corrected chi connectivity index (χ0v) is 12.0. The number of unbranched alkanes of at least 4 members (excludes halogenated alkanes) is 2. The average molecular weight is 316 g/mol. The summed E-state index contributed by atoms with van der Waals surface area (Å²) < 4.78 is 5.43. The minimum Gasteiger partial charge on any atom is -0.465 e. The Hall–Kier alpha value is -1.07. The maximum Gasteiger partial charge on any atom is 0.339 e. The SMILES string of the molecule is COC(=O)c1cc(NCCCCCO)ccc1Br. The Morgan fingerprint density at radius 1 is 1.39 bits per heavy atom. The number of carbonyl (C=O) groups is 1. The highest BCUT2D eigenvalue weighted by molar-refractivity contribution is 9.10. The summed E-state index contributed by atoms with van der Waals surface area (Å²) in [5.74, 6) is -0.356. The number of nitrogens with one attached hydrogen (secondary N) is 1. The van der Waals surface area contributed by atoms with Gasteiger partial charge in [0.1, 0.15) is 0 Å². The third-order valence-corrected chi connectivity index (χ3v) is 3.23. The molecule has 0 amide bonds. The van der Waals surface area contributed by atoms with Crippen LogP contribution in [0.1, 0.15) is 29.6 Å². The van der Waals surface area contributed by atoms with Crippen LogP contribution in [-0.4, -0.2) is 31.3 Å². The summed E-state index contributed by atoms with van der Waals surface area (Å²) in [6.45, 7) is 1.06. The van der Waals surface area contributed by atoms with Crippen LogP contribution in [0.15, 0.2) is 22.7 Å². The van der Waals surface area contributed by atoms with Gasteiger partial charge in [0.2, 0.25) is 0 Å². The van der Waals surface area contributed by atoms with Crippen LogP contribution in [0.2, 0.25) is 0 Å². The van der Waals surface area contributed by atoms with Gasteiger partial charge >= 0.3 is 5.97 Å². The molecule has 0 bridgehead atoms. The lowest BCUT2D eigenvalue weighted by atomic mass is 10.2. The van der Waals surface area contributed by atoms with Crippen LogP contribution in [0.3, 0.4) is 0 Å². The van der Waals surface area contributed by atoms with Gasteiger partial charge in [0.15, 0.2) is 0 Å². The Morgan fingerprint density at radius 2 is 2.17 bits per heavy atom. The number of hydrogen-bond acceptors (Lipinski definition) is 4. The van der Waals surface area contributed by atoms with Gasteiger partial charge in [-0.2, -0.15) is 0 Å². The zero-order valence-electron chi connectivity index (χ0n) is 10.4. The molecule has 0 fully saturated rings. The van der Waals surface area contributed by atoms with E-state index in [9.17, 15) is 4.79 Å². The Balaban J connectivity index is 2.54. The second kappa shape index (κ2) is 8.11. The summed E-state index contributed by atoms with van der Waals surface area (Å²) in [7, 11) is 1.36. The number of rotatable bonds is 7. The van der Waals surface area contributed by atoms with Gasteiger partial charge in [0, 0.05) is 23.3 Å². The Morgan fingerprint density at radius 3 is 2.83 bits per heavy atom. The summed E-state index contributed by atoms with van der Waals surface area (Å²) in [6, 6.07) is 5.49. The van der Waals surface area contributed by atoms with Crippen LogP contribution >= 0.6 is 15.9 Å². The Bertz CT molecular complexity index is 396. The van der Waals surface area contributed by atoms with Crippen LogP contribution in [0.5, 0.6) is 0 Å². The highest BCUT2D eigenvalue weighted by atomic mass is 79.9. The average Bonchev–Trinajstić information content (AvgIpc) is 2.39. The molecule has 0 aliphatic carbocycles. The number of methoxy groups -OCH3 is 1. The van der Waals surface area contributed by atoms with E-state index in [0.29, 0.717) is 5.56 Å². The molecule has 18 heavy (non-hydrogen) atoms. The van der Waals surface area contributed by atoms with Gasteiger partial charge in [-0.05, 0) is 53.4 Å². The van der Waals surface area contributed by atoms with E-state index in [0.717, 1.165) is 36.0 Å². The van der Waals surface area contributed by atoms with Crippen molar-refractivity contribution < 1.29 is 14.6 Å². The molecule has 0 aromatic heterocycles. The molecule has 0 aliphatic heterocycles. The van der Waals surface area contributed by atoms with E-state index < -0.39 is 0 Å². The van der Waals surface area contributed by atoms with Crippen molar-refractivity contribution in [1.82, 2.24) is 0 Å². The van der Waals surface area contributed by atoms with Gasteiger partial charge in [0.25, 0.3) is 0 Å². The molecule has 0 saturated heterocycles. The standard InChI is InChI=1S/C13H18BrNO3/c1-18-13(17)11-9-10(5-6-12(11)14)15-7-3-2-4-8-16/h5-6,9,15-16H,2-4,7-8H2,1H3. The molecule has 0 spiro atoms. The Labute approximate surface area is 115 Å². The first-order chi connectivity index (χ1) is 8.69. The lowest BCUT2D eigenvalue weighted by molar-refractivity contribution is 0.0599. The predicted molar refractivity (Wildman–Crippen MR) is 74.9 cm³/mol. The van der Waals surface area contributed by atoms with Gasteiger partial charge in [0.05, 0.1) is 12.7 Å². The molecular formula is C13H18BrNO3. The first-order valence-corrected chi connectivity index (χ1v) is 6.71. The fraction of sp³-hybridized carbons (Fsp3) is 0.462. The van der Waals surface area contributed by atoms with E-state index in [4.69, 9.17) is 9.84 Å². The second-order valence-corrected chi connectivity index (χ2v) is 4.75. The van der Waals surface area contributed by atoms with Gasteiger partial charge in [-0.25, -0.2) is 4.79 Å². The number of hydrogen-bond donors (Lipinski definition) is 2. The number of carbonyl (C=O) groups excluding carboxylic acids is 1. The fourth-order valence-corrected chi connectivity index (χ4v) is 1.96. The van der Waals surface area contributed by atoms with E-state index in [2.05, 4.69) is 21.2 Å². The number of esters is 1. The predicted octanol–water partition coefficient (Wildman–Crippen LogP) is 2.81. The second-order valence-electron chi connectivity index (χ2n) is 3.90. The van der Waals surface area contributed by atoms with Gasteiger partial charge < -0.3 is 15.2 Å². The third kappa shape index (κ3) is 4.66. The summed E-state index contributed by atoms with van der Waals surface area (Å²) in [4.78, 5) is 11.5. The quantitative estimate of drug-likeness (QED) is 0.600. The van der Waals surface area contributed by atoms with E-state index in [1.165, 1.54) is 7.11 Å². The van der Waals surface area contributed by atoms with Crippen LogP contribution in [0.4, 0.5) is 5.69 Å². The lowest BCUT2D eigenvalue weighted by Crippen LogP contribution is -2.06. The molecule has 1 rings (SSSR count). The molecule has 0 aliphatic rings. The monoisotopic (exact) mass is 315 g/mol. The van der Waals surface area contributed by atoms with Crippen LogP contribution in [0.25, 0.3) is 0 Å². The normalized spacial score (nSPS) is 10.2. The van der Waals surface area contributed by atoms with E-state index >= 15 is 0 Å². The molecule has 0 heterocycles. The fourth-order valence-electron chi connectivity index (χ4n) is 1.55. The molecule has 0 atom stereocenters. The first-order valence-electron chi connectivity index (χ1n) is 5.91. The first kappa shape index (κ1) is 15.0. The smallest absolute Gasteiger partial charge is 0.339 e. The number of benzene rings is 1. The van der Waals surface area contributed by atoms with Gasteiger partial charge in [-0.15, -0.1) is 0 Å². The zero-order chi connectivity index (χ0) is 13.4. The van der Waals surface area contributed by atoms with Crippen molar-refractivity contribution >= 4 is 27.6 Å². The van der Waals surface area contributed by atoms with Crippen molar-refractivity contribution in [2.24, 2.45) is 0 Å². The number of ether oxygens (including phenoxy) is 1. The maximum atomic E-state index is 11.5. The minimum atomic E-state index is -0.356. The molecule has 0 unspecified atom stereocenters. The number of aliphatic hydroxyl groups excluding tert-OH is 1. The van der Waals surface area contributed by atoms with Crippen molar-refractivity contribution in [3.8, 4) is 0 Å². The summed E-state index contributed by atoms with van der Waals surface area (Å²) in [5, 5.41) is 11.9. The van der Waals surface area contributed by atoms with Crippen molar-refractivity contribution in [2.45, 2.75) is 19.3 Å². The van der Waals surface area contributed by atoms with E-state index in [-0.39, 0.29) is 12.6 Å². The van der Waals surface area contributed by atoms with Crippen molar-refractivity contribution in [2.75, 3.05) is 25.6 Å². The lowest BCUT2D eigenvalue weighted by Gasteiger charge is -2.09. The minimum absolute atomic E-state index is 0.241. The largest absolute Gasteiger partial charge is 0.465 e. The summed E-state index contributed by atoms with van der Waals surface area (Å²) >= 11 is 3.32. The van der Waals surface area contributed by atoms with Crippen molar-refractivity contribution in [3.05, 3.63) is 28.2 Å². The van der Waals surface area contributed by atoms with Crippen LogP contribution in [-0.2, 0) is 4.74 Å². The molecule has 0 saturated carbocycles. The van der Waals surface area contributed by atoms with E-state index in [1.54, 1.807) is 6.07 Å². The highest BCUT2D eigenvalue weighted by Gasteiger charge is 2.10. The van der Waals surface area contributed by atoms with Crippen LogP contribution < -0.4 is 5.32 Å². The summed E-state index contributed by atoms with van der Waals surface area (Å²) in [5.41, 5.74) is 1.40. The molecule has 5 heteroatoms. The Kier molecular flexibility index (Phi) is 6.75. The van der Waals surface area contributed by atoms with Crippen LogP contribution in [0, 0.1) is 0 Å². The molecule has 1 aromatic rings.